The number of nitrogens with zero attached hydrogens (tertiary/aromatic N) is 2. The van der Waals surface area contributed by atoms with Crippen LogP contribution in [0, 0.1) is 6.92 Å². The SMILES string of the molecule is Cc1cnn2cc(C34CCCC(CC3)N4)ccc12. The first kappa shape index (κ1) is 10.6. The molecule has 2 bridgehead atoms. The zero-order chi connectivity index (χ0) is 12.2. The van der Waals surface area contributed by atoms with Gasteiger partial charge < -0.3 is 5.32 Å². The first-order valence-electron chi connectivity index (χ1n) is 6.99. The van der Waals surface area contributed by atoms with Gasteiger partial charge in [0.05, 0.1) is 11.7 Å². The summed E-state index contributed by atoms with van der Waals surface area (Å²) in [6, 6.07) is 5.26. The Morgan fingerprint density at radius 2 is 2.28 bits per heavy atom. The van der Waals surface area contributed by atoms with E-state index in [4.69, 9.17) is 0 Å². The van der Waals surface area contributed by atoms with Crippen LogP contribution in [-0.4, -0.2) is 15.7 Å². The number of hydrogen-bond donors (Lipinski definition) is 1. The van der Waals surface area contributed by atoms with Gasteiger partial charge >= 0.3 is 0 Å². The molecule has 18 heavy (non-hydrogen) atoms. The highest BCUT2D eigenvalue weighted by Crippen LogP contribution is 2.42. The maximum absolute atomic E-state index is 4.44. The molecule has 0 amide bonds. The lowest BCUT2D eigenvalue weighted by atomic mass is 9.84. The fraction of sp³-hybridized carbons (Fsp3) is 0.533. The summed E-state index contributed by atoms with van der Waals surface area (Å²) < 4.78 is 2.03. The number of fused-ring (bicyclic) bond motifs is 3. The fourth-order valence-electron chi connectivity index (χ4n) is 3.79. The second-order valence-corrected chi connectivity index (χ2v) is 5.93. The van der Waals surface area contributed by atoms with Crippen LogP contribution in [0.3, 0.4) is 0 Å². The van der Waals surface area contributed by atoms with E-state index in [-0.39, 0.29) is 5.54 Å². The minimum Gasteiger partial charge on any atom is -0.305 e. The Morgan fingerprint density at radius 3 is 3.22 bits per heavy atom. The molecule has 0 saturated carbocycles. The summed E-state index contributed by atoms with van der Waals surface area (Å²) in [5, 5.41) is 8.29. The van der Waals surface area contributed by atoms with E-state index in [1.807, 2.05) is 10.7 Å². The molecule has 4 rings (SSSR count). The Morgan fingerprint density at radius 1 is 1.33 bits per heavy atom. The molecule has 0 aromatic carbocycles. The van der Waals surface area contributed by atoms with Gasteiger partial charge in [0.25, 0.3) is 0 Å². The van der Waals surface area contributed by atoms with E-state index >= 15 is 0 Å². The Kier molecular flexibility index (Phi) is 2.10. The molecule has 2 aliphatic rings. The topological polar surface area (TPSA) is 29.3 Å². The molecular weight excluding hydrogens is 222 g/mol. The van der Waals surface area contributed by atoms with Crippen molar-refractivity contribution in [2.75, 3.05) is 0 Å². The molecule has 2 fully saturated rings. The van der Waals surface area contributed by atoms with Crippen molar-refractivity contribution in [2.24, 2.45) is 0 Å². The maximum Gasteiger partial charge on any atom is 0.0690 e. The molecule has 2 aromatic rings. The minimum absolute atomic E-state index is 0.233. The van der Waals surface area contributed by atoms with Crippen molar-refractivity contribution in [1.29, 1.82) is 0 Å². The molecule has 2 aromatic heterocycles. The standard InChI is InChI=1S/C15H19N3/c1-11-9-16-18-10-12(4-5-14(11)18)15-7-2-3-13(17-15)6-8-15/h4-5,9-10,13,17H,2-3,6-8H2,1H3. The van der Waals surface area contributed by atoms with Crippen LogP contribution < -0.4 is 5.32 Å². The van der Waals surface area contributed by atoms with E-state index in [0.29, 0.717) is 0 Å². The molecule has 0 spiro atoms. The van der Waals surface area contributed by atoms with E-state index in [1.165, 1.54) is 48.7 Å². The molecular formula is C15H19N3. The van der Waals surface area contributed by atoms with Gasteiger partial charge in [0.2, 0.25) is 0 Å². The Bertz CT molecular complexity index is 597. The van der Waals surface area contributed by atoms with Gasteiger partial charge in [-0.25, -0.2) is 4.52 Å². The Labute approximate surface area is 107 Å². The van der Waals surface area contributed by atoms with Gasteiger partial charge in [-0.15, -0.1) is 0 Å². The number of aromatic nitrogens is 2. The predicted molar refractivity (Wildman–Crippen MR) is 71.6 cm³/mol. The second kappa shape index (κ2) is 3.58. The average Bonchev–Trinajstić information content (AvgIpc) is 2.92. The quantitative estimate of drug-likeness (QED) is 0.832. The molecule has 4 heterocycles. The van der Waals surface area contributed by atoms with Crippen LogP contribution in [-0.2, 0) is 5.54 Å². The summed E-state index contributed by atoms with van der Waals surface area (Å²) in [4.78, 5) is 0. The number of piperidine rings is 1. The van der Waals surface area contributed by atoms with Gasteiger partial charge in [-0.3, -0.25) is 0 Å². The molecule has 2 saturated heterocycles. The molecule has 0 aliphatic carbocycles. The lowest BCUT2D eigenvalue weighted by molar-refractivity contribution is 0.279. The van der Waals surface area contributed by atoms with Crippen LogP contribution in [0.4, 0.5) is 0 Å². The molecule has 2 aliphatic heterocycles. The molecule has 0 radical (unpaired) electrons. The zero-order valence-corrected chi connectivity index (χ0v) is 10.8. The van der Waals surface area contributed by atoms with E-state index in [0.717, 1.165) is 6.04 Å². The van der Waals surface area contributed by atoms with Crippen LogP contribution >= 0.6 is 0 Å². The van der Waals surface area contributed by atoms with Crippen molar-refractivity contribution in [3.63, 3.8) is 0 Å². The van der Waals surface area contributed by atoms with E-state index in [2.05, 4.69) is 35.7 Å². The van der Waals surface area contributed by atoms with Crippen LogP contribution in [0.5, 0.6) is 0 Å². The molecule has 94 valence electrons. The smallest absolute Gasteiger partial charge is 0.0690 e. The first-order valence-corrected chi connectivity index (χ1v) is 6.99. The number of hydrogen-bond acceptors (Lipinski definition) is 2. The van der Waals surface area contributed by atoms with Gasteiger partial charge in [0, 0.05) is 17.8 Å². The summed E-state index contributed by atoms with van der Waals surface area (Å²) in [5.41, 5.74) is 4.12. The number of rotatable bonds is 1. The van der Waals surface area contributed by atoms with Gasteiger partial charge in [-0.1, -0.05) is 6.07 Å². The van der Waals surface area contributed by atoms with Crippen LogP contribution in [0.1, 0.15) is 43.2 Å². The highest BCUT2D eigenvalue weighted by Gasteiger charge is 2.42. The van der Waals surface area contributed by atoms with E-state index in [1.54, 1.807) is 0 Å². The summed E-state index contributed by atoms with van der Waals surface area (Å²) >= 11 is 0. The predicted octanol–water partition coefficient (Wildman–Crippen LogP) is 2.77. The summed E-state index contributed by atoms with van der Waals surface area (Å²) in [6.07, 6.45) is 10.8. The van der Waals surface area contributed by atoms with Crippen LogP contribution in [0.15, 0.2) is 24.5 Å². The largest absolute Gasteiger partial charge is 0.305 e. The van der Waals surface area contributed by atoms with Crippen LogP contribution in [0.25, 0.3) is 5.52 Å². The van der Waals surface area contributed by atoms with Crippen LogP contribution in [0.2, 0.25) is 0 Å². The molecule has 2 atom stereocenters. The average molecular weight is 241 g/mol. The number of nitrogens with one attached hydrogen (secondary N) is 1. The van der Waals surface area contributed by atoms with Gasteiger partial charge in [0.1, 0.15) is 0 Å². The summed E-state index contributed by atoms with van der Waals surface area (Å²) in [7, 11) is 0. The monoisotopic (exact) mass is 241 g/mol. The normalized spacial score (nSPS) is 31.1. The van der Waals surface area contributed by atoms with E-state index in [9.17, 15) is 0 Å². The van der Waals surface area contributed by atoms with Crippen molar-refractivity contribution in [3.05, 3.63) is 35.7 Å². The second-order valence-electron chi connectivity index (χ2n) is 5.93. The zero-order valence-electron chi connectivity index (χ0n) is 10.8. The highest BCUT2D eigenvalue weighted by molar-refractivity contribution is 5.54. The van der Waals surface area contributed by atoms with Crippen molar-refractivity contribution in [3.8, 4) is 0 Å². The van der Waals surface area contributed by atoms with E-state index < -0.39 is 0 Å². The summed E-state index contributed by atoms with van der Waals surface area (Å²) in [6.45, 7) is 2.12. The maximum atomic E-state index is 4.44. The fourth-order valence-corrected chi connectivity index (χ4v) is 3.79. The third-order valence-corrected chi connectivity index (χ3v) is 4.82. The Hall–Kier alpha value is -1.35. The van der Waals surface area contributed by atoms with Gasteiger partial charge in [0.15, 0.2) is 0 Å². The third-order valence-electron chi connectivity index (χ3n) is 4.82. The van der Waals surface area contributed by atoms with Gasteiger partial charge in [-0.05, 0) is 56.2 Å². The molecule has 1 N–H and O–H groups in total. The molecule has 3 heteroatoms. The Balaban J connectivity index is 1.82. The lowest BCUT2D eigenvalue weighted by Crippen LogP contribution is -2.44. The number of aryl methyl sites for hydroxylation is 1. The molecule has 3 nitrogen and oxygen atoms in total. The van der Waals surface area contributed by atoms with Crippen molar-refractivity contribution in [2.45, 2.75) is 50.6 Å². The lowest BCUT2D eigenvalue weighted by Gasteiger charge is -2.35. The van der Waals surface area contributed by atoms with Crippen molar-refractivity contribution in [1.82, 2.24) is 14.9 Å². The summed E-state index contributed by atoms with van der Waals surface area (Å²) in [5.74, 6) is 0. The van der Waals surface area contributed by atoms with Crippen molar-refractivity contribution < 1.29 is 0 Å². The first-order chi connectivity index (χ1) is 8.77. The minimum atomic E-state index is 0.233. The number of pyridine rings is 1. The van der Waals surface area contributed by atoms with Crippen molar-refractivity contribution >= 4 is 5.52 Å². The van der Waals surface area contributed by atoms with Gasteiger partial charge in [-0.2, -0.15) is 5.10 Å². The highest BCUT2D eigenvalue weighted by atomic mass is 15.2. The molecule has 2 unspecified atom stereocenters. The third kappa shape index (κ3) is 1.37.